The number of piperidine rings is 1. The smallest absolute Gasteiger partial charge is 0.367 e. The number of anilines is 3. The number of halogens is 3. The van der Waals surface area contributed by atoms with Gasteiger partial charge >= 0.3 is 6.18 Å². The van der Waals surface area contributed by atoms with Crippen molar-refractivity contribution in [2.45, 2.75) is 23.9 Å². The zero-order valence-corrected chi connectivity index (χ0v) is 21.1. The molecule has 0 aliphatic carbocycles. The van der Waals surface area contributed by atoms with Crippen LogP contribution in [-0.4, -0.2) is 76.8 Å². The average molecular weight is 526 g/mol. The molecule has 36 heavy (non-hydrogen) atoms. The summed E-state index contributed by atoms with van der Waals surface area (Å²) in [5, 5.41) is 2.96. The molecule has 196 valence electrons. The van der Waals surface area contributed by atoms with Gasteiger partial charge in [-0.15, -0.1) is 0 Å². The summed E-state index contributed by atoms with van der Waals surface area (Å²) in [6, 6.07) is 7.19. The third-order valence-corrected chi connectivity index (χ3v) is 7.87. The van der Waals surface area contributed by atoms with Crippen molar-refractivity contribution in [3.63, 3.8) is 0 Å². The lowest BCUT2D eigenvalue weighted by molar-refractivity contribution is -0.137. The number of carbonyl (C=O) groups excluding carboxylic acids is 1. The van der Waals surface area contributed by atoms with E-state index < -0.39 is 21.6 Å². The maximum atomic E-state index is 13.2. The molecule has 2 aromatic rings. The van der Waals surface area contributed by atoms with Crippen LogP contribution in [0.5, 0.6) is 0 Å². The summed E-state index contributed by atoms with van der Waals surface area (Å²) in [4.78, 5) is 23.5. The highest BCUT2D eigenvalue weighted by atomic mass is 32.2. The highest BCUT2D eigenvalue weighted by Gasteiger charge is 2.32. The summed E-state index contributed by atoms with van der Waals surface area (Å²) in [5.41, 5.74) is 0.461. The first kappa shape index (κ1) is 26.2. The number of hydrogen-bond acceptors (Lipinski definition) is 7. The van der Waals surface area contributed by atoms with E-state index in [9.17, 15) is 26.4 Å². The van der Waals surface area contributed by atoms with Crippen LogP contribution in [-0.2, 0) is 20.8 Å². The van der Waals surface area contributed by atoms with E-state index >= 15 is 0 Å². The van der Waals surface area contributed by atoms with E-state index in [1.165, 1.54) is 12.1 Å². The second-order valence-electron chi connectivity index (χ2n) is 9.39. The van der Waals surface area contributed by atoms with Gasteiger partial charge in [-0.1, -0.05) is 0 Å². The van der Waals surface area contributed by atoms with Crippen molar-refractivity contribution in [1.82, 2.24) is 9.88 Å². The maximum Gasteiger partial charge on any atom is 0.417 e. The van der Waals surface area contributed by atoms with Gasteiger partial charge in [0.05, 0.1) is 21.8 Å². The molecule has 2 saturated heterocycles. The minimum Gasteiger partial charge on any atom is -0.367 e. The topological polar surface area (TPSA) is 85.8 Å². The van der Waals surface area contributed by atoms with Crippen molar-refractivity contribution < 1.29 is 26.4 Å². The van der Waals surface area contributed by atoms with Gasteiger partial charge < -0.3 is 20.0 Å². The number of benzene rings is 1. The van der Waals surface area contributed by atoms with Crippen molar-refractivity contribution in [2.24, 2.45) is 5.92 Å². The van der Waals surface area contributed by atoms with Gasteiger partial charge in [0.1, 0.15) is 5.82 Å². The van der Waals surface area contributed by atoms with Gasteiger partial charge in [-0.2, -0.15) is 13.2 Å². The van der Waals surface area contributed by atoms with Gasteiger partial charge in [0.2, 0.25) is 5.91 Å². The Morgan fingerprint density at radius 2 is 1.67 bits per heavy atom. The zero-order chi connectivity index (χ0) is 26.1. The van der Waals surface area contributed by atoms with Crippen LogP contribution in [0.15, 0.2) is 41.4 Å². The first-order valence-electron chi connectivity index (χ1n) is 11.8. The first-order valence-corrected chi connectivity index (χ1v) is 13.7. The van der Waals surface area contributed by atoms with Crippen LogP contribution in [0.2, 0.25) is 0 Å². The second-order valence-corrected chi connectivity index (χ2v) is 11.4. The van der Waals surface area contributed by atoms with Gasteiger partial charge in [-0.3, -0.25) is 4.79 Å². The molecule has 0 saturated carbocycles. The largest absolute Gasteiger partial charge is 0.417 e. The van der Waals surface area contributed by atoms with E-state index in [1.54, 1.807) is 12.1 Å². The summed E-state index contributed by atoms with van der Waals surface area (Å²) >= 11 is 0. The van der Waals surface area contributed by atoms with E-state index in [2.05, 4.69) is 20.1 Å². The summed E-state index contributed by atoms with van der Waals surface area (Å²) in [6.45, 7) is 4.19. The zero-order valence-electron chi connectivity index (χ0n) is 20.3. The molecule has 2 aliphatic heterocycles. The number of rotatable bonds is 5. The summed E-state index contributed by atoms with van der Waals surface area (Å²) in [6.07, 6.45) is -1.47. The van der Waals surface area contributed by atoms with Crippen molar-refractivity contribution in [1.29, 1.82) is 0 Å². The molecule has 1 N–H and O–H groups in total. The Morgan fingerprint density at radius 3 is 2.22 bits per heavy atom. The van der Waals surface area contributed by atoms with Gasteiger partial charge in [0, 0.05) is 57.6 Å². The molecule has 1 aromatic heterocycles. The SMILES string of the molecule is CN1CCN(c2ccc(S(C)(=O)=O)cc2NC(=O)C2CCN(c3ccc(C(F)(F)F)cn3)CC2)CC1. The lowest BCUT2D eigenvalue weighted by Crippen LogP contribution is -2.45. The van der Waals surface area contributed by atoms with Crippen LogP contribution in [0.1, 0.15) is 18.4 Å². The van der Waals surface area contributed by atoms with Crippen LogP contribution in [0, 0.1) is 5.92 Å². The Balaban J connectivity index is 1.44. The fraction of sp³-hybridized carbons (Fsp3) is 0.500. The predicted molar refractivity (Wildman–Crippen MR) is 132 cm³/mol. The minimum absolute atomic E-state index is 0.138. The van der Waals surface area contributed by atoms with E-state index in [4.69, 9.17) is 0 Å². The van der Waals surface area contributed by atoms with E-state index in [0.29, 0.717) is 37.4 Å². The normalized spacial score (nSPS) is 18.4. The summed E-state index contributed by atoms with van der Waals surface area (Å²) < 4.78 is 62.7. The van der Waals surface area contributed by atoms with Crippen molar-refractivity contribution in [2.75, 3.05) is 67.7 Å². The van der Waals surface area contributed by atoms with Crippen molar-refractivity contribution in [3.05, 3.63) is 42.1 Å². The number of pyridine rings is 1. The average Bonchev–Trinajstić information content (AvgIpc) is 2.84. The molecule has 0 spiro atoms. The van der Waals surface area contributed by atoms with Crippen LogP contribution < -0.4 is 15.1 Å². The van der Waals surface area contributed by atoms with Crippen LogP contribution in [0.25, 0.3) is 0 Å². The molecule has 4 rings (SSSR count). The Hall–Kier alpha value is -2.86. The Morgan fingerprint density at radius 1 is 1.00 bits per heavy atom. The first-order chi connectivity index (χ1) is 16.9. The quantitative estimate of drug-likeness (QED) is 0.642. The number of sulfone groups is 1. The molecule has 1 amide bonds. The van der Waals surface area contributed by atoms with E-state index in [-0.39, 0.29) is 16.7 Å². The van der Waals surface area contributed by atoms with E-state index in [0.717, 1.165) is 50.4 Å². The molecule has 8 nitrogen and oxygen atoms in total. The van der Waals surface area contributed by atoms with Gasteiger partial charge in [0.15, 0.2) is 9.84 Å². The fourth-order valence-corrected chi connectivity index (χ4v) is 5.16. The maximum absolute atomic E-state index is 13.2. The number of amides is 1. The standard InChI is InChI=1S/C24H30F3N5O3S/c1-30-11-13-31(14-12-30)21-5-4-19(36(2,34)35)15-20(21)29-23(33)17-7-9-32(10-8-17)22-6-3-18(16-28-22)24(25,26)27/h3-6,15-17H,7-14H2,1-2H3,(H,29,33). The summed E-state index contributed by atoms with van der Waals surface area (Å²) in [5.74, 6) is -0.0611. The molecule has 12 heteroatoms. The highest BCUT2D eigenvalue weighted by molar-refractivity contribution is 7.90. The Bertz CT molecular complexity index is 1190. The monoisotopic (exact) mass is 525 g/mol. The number of likely N-dealkylation sites (N-methyl/N-ethyl adjacent to an activating group) is 1. The Labute approximate surface area is 209 Å². The number of piperazine rings is 1. The summed E-state index contributed by atoms with van der Waals surface area (Å²) in [7, 11) is -1.41. The molecule has 0 radical (unpaired) electrons. The van der Waals surface area contributed by atoms with Crippen LogP contribution >= 0.6 is 0 Å². The van der Waals surface area contributed by atoms with Gasteiger partial charge in [-0.05, 0) is 50.2 Å². The number of aromatic nitrogens is 1. The molecule has 0 atom stereocenters. The number of carbonyl (C=O) groups is 1. The van der Waals surface area contributed by atoms with Crippen molar-refractivity contribution >= 4 is 32.9 Å². The highest BCUT2D eigenvalue weighted by Crippen LogP contribution is 2.32. The molecule has 2 fully saturated rings. The molecule has 3 heterocycles. The lowest BCUT2D eigenvalue weighted by atomic mass is 9.95. The Kier molecular flexibility index (Phi) is 7.46. The third kappa shape index (κ3) is 6.09. The number of alkyl halides is 3. The number of hydrogen-bond donors (Lipinski definition) is 1. The van der Waals surface area contributed by atoms with E-state index in [1.807, 2.05) is 11.9 Å². The molecular formula is C24H30F3N5O3S. The molecule has 2 aliphatic rings. The second kappa shape index (κ2) is 10.3. The van der Waals surface area contributed by atoms with Gasteiger partial charge in [0.25, 0.3) is 0 Å². The van der Waals surface area contributed by atoms with Crippen LogP contribution in [0.3, 0.4) is 0 Å². The predicted octanol–water partition coefficient (Wildman–Crippen LogP) is 3.11. The minimum atomic E-state index is -4.44. The van der Waals surface area contributed by atoms with Crippen molar-refractivity contribution in [3.8, 4) is 0 Å². The lowest BCUT2D eigenvalue weighted by Gasteiger charge is -2.36. The molecule has 1 aromatic carbocycles. The fourth-order valence-electron chi connectivity index (χ4n) is 4.52. The number of nitrogens with one attached hydrogen (secondary N) is 1. The third-order valence-electron chi connectivity index (χ3n) is 6.76. The molecular weight excluding hydrogens is 495 g/mol. The molecule has 0 bridgehead atoms. The molecule has 0 unspecified atom stereocenters. The van der Waals surface area contributed by atoms with Gasteiger partial charge in [-0.25, -0.2) is 13.4 Å². The van der Waals surface area contributed by atoms with Crippen LogP contribution in [0.4, 0.5) is 30.4 Å². The number of nitrogens with zero attached hydrogens (tertiary/aromatic N) is 4.